The Hall–Kier alpha value is -2.35. The summed E-state index contributed by atoms with van der Waals surface area (Å²) in [6, 6.07) is 16.2. The lowest BCUT2D eigenvalue weighted by Gasteiger charge is -2.12. The molecule has 2 heteroatoms. The monoisotopic (exact) mass is 280 g/mol. The summed E-state index contributed by atoms with van der Waals surface area (Å²) in [5.74, 6) is -0.308. The van der Waals surface area contributed by atoms with E-state index < -0.39 is 0 Å². The second-order valence-corrected chi connectivity index (χ2v) is 4.99. The first kappa shape index (κ1) is 15.0. The van der Waals surface area contributed by atoms with Crippen LogP contribution in [0.2, 0.25) is 0 Å². The number of hydrogen-bond acceptors (Lipinski definition) is 2. The van der Waals surface area contributed by atoms with E-state index in [1.165, 1.54) is 5.56 Å². The quantitative estimate of drug-likeness (QED) is 0.616. The Morgan fingerprint density at radius 2 is 1.81 bits per heavy atom. The van der Waals surface area contributed by atoms with Gasteiger partial charge < -0.3 is 4.74 Å². The van der Waals surface area contributed by atoms with Crippen LogP contribution in [-0.4, -0.2) is 12.6 Å². The highest BCUT2D eigenvalue weighted by Gasteiger charge is 2.11. The Bertz CT molecular complexity index is 655. The highest BCUT2D eigenvalue weighted by atomic mass is 16.5. The van der Waals surface area contributed by atoms with Crippen molar-refractivity contribution < 1.29 is 9.53 Å². The summed E-state index contributed by atoms with van der Waals surface area (Å²) in [6.45, 7) is 6.29. The molecule has 2 rings (SSSR count). The Kier molecular flexibility index (Phi) is 4.94. The smallest absolute Gasteiger partial charge is 0.331 e. The van der Waals surface area contributed by atoms with Gasteiger partial charge in [-0.2, -0.15) is 0 Å². The molecular weight excluding hydrogens is 260 g/mol. The summed E-state index contributed by atoms with van der Waals surface area (Å²) in [7, 11) is 0. The van der Waals surface area contributed by atoms with E-state index in [-0.39, 0.29) is 5.97 Å². The minimum atomic E-state index is -0.308. The van der Waals surface area contributed by atoms with Gasteiger partial charge >= 0.3 is 5.97 Å². The number of esters is 1. The van der Waals surface area contributed by atoms with Crippen LogP contribution in [0.15, 0.2) is 54.6 Å². The molecule has 0 aromatic heterocycles. The molecule has 0 atom stereocenters. The molecule has 0 aliphatic rings. The third-order valence-electron chi connectivity index (χ3n) is 3.32. The molecule has 0 amide bonds. The number of aryl methyl sites for hydroxylation is 2. The van der Waals surface area contributed by atoms with Gasteiger partial charge in [0.15, 0.2) is 0 Å². The average molecular weight is 280 g/mol. The highest BCUT2D eigenvalue weighted by molar-refractivity contribution is 5.96. The van der Waals surface area contributed by atoms with E-state index in [1.54, 1.807) is 6.08 Å². The first-order valence-corrected chi connectivity index (χ1v) is 7.13. The van der Waals surface area contributed by atoms with Gasteiger partial charge in [0.1, 0.15) is 0 Å². The first-order chi connectivity index (χ1) is 10.1. The normalized spacial score (nSPS) is 11.3. The Balaban J connectivity index is 2.56. The number of carbonyl (C=O) groups excluding carboxylic acids is 1. The van der Waals surface area contributed by atoms with Gasteiger partial charge in [-0.05, 0) is 43.0 Å². The lowest BCUT2D eigenvalue weighted by atomic mass is 9.93. The Labute approximate surface area is 126 Å². The van der Waals surface area contributed by atoms with Gasteiger partial charge in [-0.3, -0.25) is 0 Å². The molecule has 0 saturated carbocycles. The van der Waals surface area contributed by atoms with Crippen molar-refractivity contribution in [3.05, 3.63) is 76.9 Å². The van der Waals surface area contributed by atoms with Crippen molar-refractivity contribution in [1.29, 1.82) is 0 Å². The minimum Gasteiger partial charge on any atom is -0.463 e. The SMILES string of the molecule is CCOC(=O)/C=C(\c1ccccc1)c1cc(C)ccc1C. The van der Waals surface area contributed by atoms with Crippen LogP contribution >= 0.6 is 0 Å². The zero-order valence-corrected chi connectivity index (χ0v) is 12.7. The van der Waals surface area contributed by atoms with E-state index in [0.717, 1.165) is 22.3 Å². The van der Waals surface area contributed by atoms with Crippen LogP contribution in [-0.2, 0) is 9.53 Å². The van der Waals surface area contributed by atoms with Crippen molar-refractivity contribution >= 4 is 11.5 Å². The molecule has 2 nitrogen and oxygen atoms in total. The Morgan fingerprint density at radius 3 is 2.48 bits per heavy atom. The molecule has 0 unspecified atom stereocenters. The lowest BCUT2D eigenvalue weighted by molar-refractivity contribution is -0.137. The van der Waals surface area contributed by atoms with Gasteiger partial charge in [-0.1, -0.05) is 54.1 Å². The van der Waals surface area contributed by atoms with Crippen LogP contribution in [0, 0.1) is 13.8 Å². The van der Waals surface area contributed by atoms with Crippen molar-refractivity contribution in [2.24, 2.45) is 0 Å². The maximum atomic E-state index is 11.9. The fourth-order valence-corrected chi connectivity index (χ4v) is 2.26. The van der Waals surface area contributed by atoms with Gasteiger partial charge in [0.25, 0.3) is 0 Å². The van der Waals surface area contributed by atoms with E-state index in [9.17, 15) is 4.79 Å². The van der Waals surface area contributed by atoms with E-state index in [1.807, 2.05) is 37.3 Å². The predicted molar refractivity (Wildman–Crippen MR) is 86.1 cm³/mol. The molecule has 21 heavy (non-hydrogen) atoms. The topological polar surface area (TPSA) is 26.3 Å². The molecule has 0 spiro atoms. The van der Waals surface area contributed by atoms with Crippen molar-refractivity contribution in [3.8, 4) is 0 Å². The molecule has 0 aliphatic carbocycles. The standard InChI is InChI=1S/C19H20O2/c1-4-21-19(20)13-18(16-8-6-5-7-9-16)17-12-14(2)10-11-15(17)3/h5-13H,4H2,1-3H3/b18-13+. The zero-order valence-electron chi connectivity index (χ0n) is 12.7. The number of hydrogen-bond donors (Lipinski definition) is 0. The molecule has 0 N–H and O–H groups in total. The third kappa shape index (κ3) is 3.82. The molecule has 0 saturated heterocycles. The van der Waals surface area contributed by atoms with Crippen molar-refractivity contribution in [2.75, 3.05) is 6.61 Å². The van der Waals surface area contributed by atoms with Crippen LogP contribution < -0.4 is 0 Å². The summed E-state index contributed by atoms with van der Waals surface area (Å²) in [5, 5.41) is 0. The van der Waals surface area contributed by atoms with E-state index >= 15 is 0 Å². The predicted octanol–water partition coefficient (Wildman–Crippen LogP) is 4.30. The van der Waals surface area contributed by atoms with Crippen molar-refractivity contribution in [2.45, 2.75) is 20.8 Å². The number of rotatable bonds is 4. The van der Waals surface area contributed by atoms with Crippen molar-refractivity contribution in [3.63, 3.8) is 0 Å². The van der Waals surface area contributed by atoms with E-state index in [2.05, 4.69) is 32.0 Å². The zero-order chi connectivity index (χ0) is 15.2. The molecule has 108 valence electrons. The van der Waals surface area contributed by atoms with E-state index in [4.69, 9.17) is 4.74 Å². The number of ether oxygens (including phenoxy) is 1. The molecule has 0 fully saturated rings. The van der Waals surface area contributed by atoms with E-state index in [0.29, 0.717) is 6.61 Å². The lowest BCUT2D eigenvalue weighted by Crippen LogP contribution is -2.02. The highest BCUT2D eigenvalue weighted by Crippen LogP contribution is 2.27. The van der Waals surface area contributed by atoms with Crippen LogP contribution in [0.4, 0.5) is 0 Å². The molecule has 0 bridgehead atoms. The van der Waals surface area contributed by atoms with Gasteiger partial charge in [0, 0.05) is 6.08 Å². The maximum Gasteiger partial charge on any atom is 0.331 e. The van der Waals surface area contributed by atoms with Crippen LogP contribution in [0.25, 0.3) is 5.57 Å². The first-order valence-electron chi connectivity index (χ1n) is 7.13. The summed E-state index contributed by atoms with van der Waals surface area (Å²) in [4.78, 5) is 11.9. The second kappa shape index (κ2) is 6.89. The second-order valence-electron chi connectivity index (χ2n) is 4.99. The maximum absolute atomic E-state index is 11.9. The molecular formula is C19H20O2. The van der Waals surface area contributed by atoms with Gasteiger partial charge in [-0.25, -0.2) is 4.79 Å². The van der Waals surface area contributed by atoms with Crippen molar-refractivity contribution in [1.82, 2.24) is 0 Å². The molecule has 2 aromatic carbocycles. The molecule has 2 aromatic rings. The fraction of sp³-hybridized carbons (Fsp3) is 0.211. The summed E-state index contributed by atoms with van der Waals surface area (Å²) in [5.41, 5.74) is 5.28. The molecule has 0 heterocycles. The van der Waals surface area contributed by atoms with Crippen LogP contribution in [0.5, 0.6) is 0 Å². The van der Waals surface area contributed by atoms with Crippen LogP contribution in [0.3, 0.4) is 0 Å². The van der Waals surface area contributed by atoms with Gasteiger partial charge in [-0.15, -0.1) is 0 Å². The minimum absolute atomic E-state index is 0.308. The fourth-order valence-electron chi connectivity index (χ4n) is 2.26. The molecule has 0 aliphatic heterocycles. The average Bonchev–Trinajstić information content (AvgIpc) is 2.49. The number of benzene rings is 2. The van der Waals surface area contributed by atoms with Gasteiger partial charge in [0.05, 0.1) is 6.61 Å². The van der Waals surface area contributed by atoms with Gasteiger partial charge in [0.2, 0.25) is 0 Å². The summed E-state index contributed by atoms with van der Waals surface area (Å²) >= 11 is 0. The molecule has 0 radical (unpaired) electrons. The largest absolute Gasteiger partial charge is 0.463 e. The third-order valence-corrected chi connectivity index (χ3v) is 3.32. The Morgan fingerprint density at radius 1 is 1.10 bits per heavy atom. The summed E-state index contributed by atoms with van der Waals surface area (Å²) in [6.07, 6.45) is 1.58. The van der Waals surface area contributed by atoms with Crippen LogP contribution in [0.1, 0.15) is 29.2 Å². The number of carbonyl (C=O) groups is 1. The summed E-state index contributed by atoms with van der Waals surface area (Å²) < 4.78 is 5.07.